The molecule has 0 saturated heterocycles. The summed E-state index contributed by atoms with van der Waals surface area (Å²) >= 11 is 0. The number of likely N-dealkylation sites (N-methyl/N-ethyl adjacent to an activating group) is 1. The average Bonchev–Trinajstić information content (AvgIpc) is 2.70. The van der Waals surface area contributed by atoms with Crippen LogP contribution in [0.5, 0.6) is 0 Å². The van der Waals surface area contributed by atoms with E-state index in [4.69, 9.17) is 4.84 Å². The molecule has 2 N–H and O–H groups in total. The van der Waals surface area contributed by atoms with Gasteiger partial charge < -0.3 is 15.3 Å². The Labute approximate surface area is 151 Å². The number of carbonyl (C=O) groups is 1. The summed E-state index contributed by atoms with van der Waals surface area (Å²) in [6, 6.07) is 18.4. The molecule has 0 aliphatic carbocycles. The first-order valence-corrected chi connectivity index (χ1v) is 8.12. The monoisotopic (exact) mass is 349 g/mol. The second-order valence-electron chi connectivity index (χ2n) is 5.62. The van der Waals surface area contributed by atoms with Crippen LogP contribution in [0.25, 0.3) is 10.9 Å². The summed E-state index contributed by atoms with van der Waals surface area (Å²) in [7, 11) is 2.88. The highest BCUT2D eigenvalue weighted by Crippen LogP contribution is 2.26. The third kappa shape index (κ3) is 3.41. The van der Waals surface area contributed by atoms with Crippen molar-refractivity contribution in [3.8, 4) is 0 Å². The van der Waals surface area contributed by atoms with Gasteiger partial charge in [-0.1, -0.05) is 53.7 Å². The highest BCUT2D eigenvalue weighted by atomic mass is 16.6. The molecule has 26 heavy (non-hydrogen) atoms. The van der Waals surface area contributed by atoms with E-state index in [-0.39, 0.29) is 5.71 Å². The van der Waals surface area contributed by atoms with E-state index in [1.165, 1.54) is 14.2 Å². The van der Waals surface area contributed by atoms with Gasteiger partial charge in [0.25, 0.3) is 5.91 Å². The molecule has 0 radical (unpaired) electrons. The van der Waals surface area contributed by atoms with E-state index in [1.807, 2.05) is 30.3 Å². The van der Waals surface area contributed by atoms with E-state index in [9.17, 15) is 9.90 Å². The number of fused-ring (bicyclic) bond motifs is 1. The zero-order valence-corrected chi connectivity index (χ0v) is 14.5. The molecule has 0 spiro atoms. The van der Waals surface area contributed by atoms with E-state index in [1.54, 1.807) is 30.3 Å². The molecule has 6 nitrogen and oxygen atoms in total. The number of benzene rings is 2. The Morgan fingerprint density at radius 3 is 2.62 bits per heavy atom. The molecule has 1 aromatic heterocycles. The zero-order chi connectivity index (χ0) is 18.5. The second-order valence-corrected chi connectivity index (χ2v) is 5.62. The summed E-state index contributed by atoms with van der Waals surface area (Å²) in [5, 5.41) is 18.3. The van der Waals surface area contributed by atoms with Crippen molar-refractivity contribution in [1.82, 2.24) is 10.3 Å². The Morgan fingerprint density at radius 1 is 1.12 bits per heavy atom. The summed E-state index contributed by atoms with van der Waals surface area (Å²) in [4.78, 5) is 21.5. The third-order valence-electron chi connectivity index (χ3n) is 4.04. The zero-order valence-electron chi connectivity index (χ0n) is 14.5. The Hall–Kier alpha value is -3.25. The van der Waals surface area contributed by atoms with Crippen LogP contribution in [0.1, 0.15) is 22.9 Å². The van der Waals surface area contributed by atoms with E-state index in [2.05, 4.69) is 15.5 Å². The van der Waals surface area contributed by atoms with Crippen LogP contribution >= 0.6 is 0 Å². The van der Waals surface area contributed by atoms with Crippen molar-refractivity contribution in [3.63, 3.8) is 0 Å². The van der Waals surface area contributed by atoms with Crippen LogP contribution in [0.15, 0.2) is 65.8 Å². The maximum absolute atomic E-state index is 12.2. The van der Waals surface area contributed by atoms with Gasteiger partial charge in [0.2, 0.25) is 0 Å². The Bertz CT molecular complexity index is 969. The number of nitrogens with zero attached hydrogens (tertiary/aromatic N) is 2. The fraction of sp³-hybridized carbons (Fsp3) is 0.150. The van der Waals surface area contributed by atoms with Gasteiger partial charge >= 0.3 is 0 Å². The Morgan fingerprint density at radius 2 is 1.85 bits per heavy atom. The van der Waals surface area contributed by atoms with Crippen molar-refractivity contribution in [2.24, 2.45) is 5.16 Å². The molecule has 3 rings (SSSR count). The van der Waals surface area contributed by atoms with Crippen LogP contribution in [0.3, 0.4) is 0 Å². The minimum Gasteiger partial charge on any atom is -0.398 e. The summed E-state index contributed by atoms with van der Waals surface area (Å²) in [5.41, 5.74) is 2.37. The summed E-state index contributed by atoms with van der Waals surface area (Å²) < 4.78 is 0. The predicted molar refractivity (Wildman–Crippen MR) is 99.9 cm³/mol. The number of carbonyl (C=O) groups excluding carboxylic acids is 1. The first-order valence-electron chi connectivity index (χ1n) is 8.12. The Kier molecular flexibility index (Phi) is 5.24. The van der Waals surface area contributed by atoms with Crippen LogP contribution in [-0.2, 0) is 9.63 Å². The van der Waals surface area contributed by atoms with Gasteiger partial charge in [-0.3, -0.25) is 4.79 Å². The number of aliphatic hydroxyl groups excluding tert-OH is 1. The number of amides is 1. The average molecular weight is 349 g/mol. The number of aliphatic hydroxyl groups is 1. The van der Waals surface area contributed by atoms with E-state index < -0.39 is 12.0 Å². The summed E-state index contributed by atoms with van der Waals surface area (Å²) in [6.07, 6.45) is -1.01. The van der Waals surface area contributed by atoms with Gasteiger partial charge in [-0.15, -0.1) is 0 Å². The number of nitrogens with one attached hydrogen (secondary N) is 1. The van der Waals surface area contributed by atoms with Crippen LogP contribution in [-0.4, -0.2) is 35.9 Å². The molecule has 1 atom stereocenters. The normalized spacial score (nSPS) is 12.7. The molecule has 0 bridgehead atoms. The molecule has 0 aliphatic rings. The van der Waals surface area contributed by atoms with Crippen molar-refractivity contribution in [2.75, 3.05) is 14.2 Å². The smallest absolute Gasteiger partial charge is 0.273 e. The van der Waals surface area contributed by atoms with Gasteiger partial charge in [-0.05, 0) is 17.7 Å². The standard InChI is InChI=1S/C20H19N3O3/c1-21-20(25)18(23-26-2)14-8-4-5-9-15(14)19(24)17-12-11-13-7-3-6-10-16(13)22-17/h3-12,19,24H,1-2H3,(H,21,25)/b23-18+. The van der Waals surface area contributed by atoms with Crippen molar-refractivity contribution in [3.05, 3.63) is 77.5 Å². The number of rotatable bonds is 5. The topological polar surface area (TPSA) is 83.8 Å². The molecule has 1 amide bonds. The molecule has 6 heteroatoms. The van der Waals surface area contributed by atoms with Gasteiger partial charge in [0.15, 0.2) is 5.71 Å². The fourth-order valence-corrected chi connectivity index (χ4v) is 2.77. The van der Waals surface area contributed by atoms with E-state index >= 15 is 0 Å². The highest BCUT2D eigenvalue weighted by molar-refractivity contribution is 6.45. The first-order chi connectivity index (χ1) is 12.7. The van der Waals surface area contributed by atoms with Crippen molar-refractivity contribution < 1.29 is 14.7 Å². The summed E-state index contributed by atoms with van der Waals surface area (Å²) in [6.45, 7) is 0. The molecule has 1 unspecified atom stereocenters. The number of hydrogen-bond acceptors (Lipinski definition) is 5. The predicted octanol–water partition coefficient (Wildman–Crippen LogP) is 2.41. The molecule has 0 saturated carbocycles. The first kappa shape index (κ1) is 17.6. The molecule has 0 aliphatic heterocycles. The maximum Gasteiger partial charge on any atom is 0.273 e. The highest BCUT2D eigenvalue weighted by Gasteiger charge is 2.22. The molecular formula is C20H19N3O3. The van der Waals surface area contributed by atoms with Gasteiger partial charge in [0.1, 0.15) is 13.2 Å². The molecular weight excluding hydrogens is 330 g/mol. The Balaban J connectivity index is 2.08. The second kappa shape index (κ2) is 7.76. The number of aromatic nitrogens is 1. The lowest BCUT2D eigenvalue weighted by molar-refractivity contribution is -0.114. The molecule has 2 aromatic carbocycles. The molecule has 1 heterocycles. The van der Waals surface area contributed by atoms with Gasteiger partial charge in [0.05, 0.1) is 11.2 Å². The lowest BCUT2D eigenvalue weighted by atomic mass is 9.96. The van der Waals surface area contributed by atoms with E-state index in [0.717, 1.165) is 10.9 Å². The molecule has 132 valence electrons. The number of oxime groups is 1. The van der Waals surface area contributed by atoms with Crippen molar-refractivity contribution in [1.29, 1.82) is 0 Å². The number of hydrogen-bond donors (Lipinski definition) is 2. The van der Waals surface area contributed by atoms with Crippen molar-refractivity contribution >= 4 is 22.5 Å². The van der Waals surface area contributed by atoms with Gasteiger partial charge in [-0.2, -0.15) is 0 Å². The van der Waals surface area contributed by atoms with E-state index in [0.29, 0.717) is 16.8 Å². The van der Waals surface area contributed by atoms with Crippen LogP contribution in [0.2, 0.25) is 0 Å². The molecule has 0 fully saturated rings. The van der Waals surface area contributed by atoms with Crippen LogP contribution in [0, 0.1) is 0 Å². The fourth-order valence-electron chi connectivity index (χ4n) is 2.77. The lowest BCUT2D eigenvalue weighted by Gasteiger charge is -2.16. The maximum atomic E-state index is 12.2. The van der Waals surface area contributed by atoms with Crippen LogP contribution < -0.4 is 5.32 Å². The van der Waals surface area contributed by atoms with Crippen molar-refractivity contribution in [2.45, 2.75) is 6.10 Å². The minimum absolute atomic E-state index is 0.0884. The minimum atomic E-state index is -1.01. The number of pyridine rings is 1. The quantitative estimate of drug-likeness (QED) is 0.547. The SMILES string of the molecule is CNC(=O)/C(=N/OC)c1ccccc1C(O)c1ccc2ccccc2n1. The van der Waals surface area contributed by atoms with Crippen LogP contribution in [0.4, 0.5) is 0 Å². The van der Waals surface area contributed by atoms with Gasteiger partial charge in [0, 0.05) is 18.0 Å². The number of para-hydroxylation sites is 1. The summed E-state index contributed by atoms with van der Waals surface area (Å²) in [5.74, 6) is -0.405. The third-order valence-corrected chi connectivity index (χ3v) is 4.04. The largest absolute Gasteiger partial charge is 0.398 e. The molecule has 3 aromatic rings. The van der Waals surface area contributed by atoms with Gasteiger partial charge in [-0.25, -0.2) is 4.98 Å². The lowest BCUT2D eigenvalue weighted by Crippen LogP contribution is -2.29.